The van der Waals surface area contributed by atoms with Gasteiger partial charge in [-0.15, -0.1) is 0 Å². The van der Waals surface area contributed by atoms with Crippen LogP contribution in [0.1, 0.15) is 26.3 Å². The summed E-state index contributed by atoms with van der Waals surface area (Å²) in [5, 5.41) is 9.31. The number of benzene rings is 2. The number of hydrogen-bond donors (Lipinski definition) is 1. The van der Waals surface area contributed by atoms with E-state index in [1.54, 1.807) is 0 Å². The molecule has 6 nitrogen and oxygen atoms in total. The molecular weight excluding hydrogens is 386 g/mol. The molecule has 0 saturated heterocycles. The van der Waals surface area contributed by atoms with Gasteiger partial charge in [0.05, 0.1) is 18.2 Å². The number of carbonyl (C=O) groups excluding carboxylic acids is 3. The number of esters is 1. The van der Waals surface area contributed by atoms with Crippen LogP contribution in [0.4, 0.5) is 17.6 Å². The second-order valence-electron chi connectivity index (χ2n) is 5.90. The molecule has 0 spiro atoms. The number of halogens is 4. The molecule has 2 amide bonds. The first-order valence-electron chi connectivity index (χ1n) is 7.78. The fraction of sp³-hybridized carbons (Fsp3) is 0.167. The lowest BCUT2D eigenvalue weighted by Gasteiger charge is -2.24. The molecule has 1 heterocycles. The summed E-state index contributed by atoms with van der Waals surface area (Å²) < 4.78 is 59.6. The summed E-state index contributed by atoms with van der Waals surface area (Å²) in [5.74, 6) is -12.7. The fourth-order valence-corrected chi connectivity index (χ4v) is 2.92. The maximum atomic E-state index is 14.0. The molecule has 10 heteroatoms. The molecule has 1 atom stereocenters. The first-order chi connectivity index (χ1) is 13.2. The summed E-state index contributed by atoms with van der Waals surface area (Å²) in [7, 11) is 0.963. The topological polar surface area (TPSA) is 83.9 Å². The van der Waals surface area contributed by atoms with E-state index in [9.17, 15) is 37.1 Å². The molecule has 0 unspecified atom stereocenters. The van der Waals surface area contributed by atoms with Gasteiger partial charge in [-0.25, -0.2) is 22.4 Å². The van der Waals surface area contributed by atoms with Crippen molar-refractivity contribution in [1.29, 1.82) is 0 Å². The van der Waals surface area contributed by atoms with Crippen LogP contribution in [0, 0.1) is 23.3 Å². The molecule has 1 aliphatic heterocycles. The molecule has 0 radical (unpaired) electrons. The number of nitrogens with zero attached hydrogens (tertiary/aromatic N) is 1. The highest BCUT2D eigenvalue weighted by atomic mass is 19.2. The van der Waals surface area contributed by atoms with E-state index >= 15 is 0 Å². The predicted octanol–water partition coefficient (Wildman–Crippen LogP) is 2.33. The van der Waals surface area contributed by atoms with Crippen molar-refractivity contribution in [2.75, 3.05) is 7.11 Å². The normalized spacial score (nSPS) is 14.2. The average Bonchev–Trinajstić information content (AvgIpc) is 2.94. The van der Waals surface area contributed by atoms with Crippen molar-refractivity contribution in [3.8, 4) is 5.75 Å². The maximum absolute atomic E-state index is 14.0. The Kier molecular flexibility index (Phi) is 4.80. The molecule has 3 rings (SSSR count). The van der Waals surface area contributed by atoms with E-state index < -0.39 is 58.2 Å². The number of aromatic hydroxyl groups is 1. The molecule has 0 fully saturated rings. The lowest BCUT2D eigenvalue weighted by molar-refractivity contribution is -0.145. The minimum atomic E-state index is -2.24. The van der Waals surface area contributed by atoms with Crippen molar-refractivity contribution in [3.63, 3.8) is 0 Å². The minimum Gasteiger partial charge on any atom is -0.508 e. The van der Waals surface area contributed by atoms with Gasteiger partial charge >= 0.3 is 5.97 Å². The Balaban J connectivity index is 2.09. The number of hydrogen-bond acceptors (Lipinski definition) is 5. The average molecular weight is 397 g/mol. The van der Waals surface area contributed by atoms with Crippen molar-refractivity contribution in [3.05, 3.63) is 64.2 Å². The van der Waals surface area contributed by atoms with Crippen molar-refractivity contribution < 1.29 is 41.8 Å². The number of amides is 2. The van der Waals surface area contributed by atoms with Gasteiger partial charge in [-0.3, -0.25) is 14.5 Å². The highest BCUT2D eigenvalue weighted by Crippen LogP contribution is 2.33. The van der Waals surface area contributed by atoms with Crippen LogP contribution in [-0.4, -0.2) is 40.9 Å². The van der Waals surface area contributed by atoms with Crippen LogP contribution in [0.5, 0.6) is 5.75 Å². The van der Waals surface area contributed by atoms with E-state index in [1.165, 1.54) is 24.3 Å². The fourth-order valence-electron chi connectivity index (χ4n) is 2.92. The molecule has 146 valence electrons. The van der Waals surface area contributed by atoms with Crippen molar-refractivity contribution in [2.24, 2.45) is 0 Å². The smallest absolute Gasteiger partial charge is 0.329 e. The molecule has 1 aliphatic rings. The summed E-state index contributed by atoms with van der Waals surface area (Å²) in [5.41, 5.74) is -2.22. The molecule has 0 aliphatic carbocycles. The monoisotopic (exact) mass is 397 g/mol. The zero-order chi connectivity index (χ0) is 20.7. The van der Waals surface area contributed by atoms with Crippen LogP contribution in [0.3, 0.4) is 0 Å². The molecule has 2 aromatic rings. The Morgan fingerprint density at radius 1 is 0.964 bits per heavy atom. The van der Waals surface area contributed by atoms with Gasteiger partial charge in [0.2, 0.25) is 0 Å². The van der Waals surface area contributed by atoms with E-state index in [0.29, 0.717) is 5.56 Å². The van der Waals surface area contributed by atoms with E-state index in [1.807, 2.05) is 0 Å². The lowest BCUT2D eigenvalue weighted by atomic mass is 10.0. The first kappa shape index (κ1) is 19.3. The molecule has 1 N–H and O–H groups in total. The highest BCUT2D eigenvalue weighted by Gasteiger charge is 2.48. The summed E-state index contributed by atoms with van der Waals surface area (Å²) >= 11 is 0. The van der Waals surface area contributed by atoms with Crippen LogP contribution in [-0.2, 0) is 16.0 Å². The van der Waals surface area contributed by atoms with Crippen LogP contribution in [0.25, 0.3) is 0 Å². The summed E-state index contributed by atoms with van der Waals surface area (Å²) in [4.78, 5) is 37.4. The van der Waals surface area contributed by atoms with E-state index in [4.69, 9.17) is 0 Å². The zero-order valence-electron chi connectivity index (χ0n) is 14.1. The highest BCUT2D eigenvalue weighted by molar-refractivity contribution is 6.23. The Labute approximate surface area is 154 Å². The summed E-state index contributed by atoms with van der Waals surface area (Å²) in [6.07, 6.45) is -0.327. The van der Waals surface area contributed by atoms with Gasteiger partial charge in [-0.05, 0) is 17.7 Å². The number of methoxy groups -OCH3 is 1. The van der Waals surface area contributed by atoms with Gasteiger partial charge in [0, 0.05) is 6.42 Å². The molecule has 28 heavy (non-hydrogen) atoms. The van der Waals surface area contributed by atoms with Gasteiger partial charge in [0.15, 0.2) is 23.3 Å². The molecule has 0 aromatic heterocycles. The Morgan fingerprint density at radius 3 is 1.86 bits per heavy atom. The van der Waals surface area contributed by atoms with Gasteiger partial charge < -0.3 is 9.84 Å². The lowest BCUT2D eigenvalue weighted by Crippen LogP contribution is -2.46. The number of phenolic OH excluding ortho intramolecular Hbond substituents is 1. The van der Waals surface area contributed by atoms with Gasteiger partial charge in [-0.2, -0.15) is 0 Å². The maximum Gasteiger partial charge on any atom is 0.329 e. The Morgan fingerprint density at radius 2 is 1.43 bits per heavy atom. The van der Waals surface area contributed by atoms with Gasteiger partial charge in [0.1, 0.15) is 11.8 Å². The summed E-state index contributed by atoms with van der Waals surface area (Å²) in [6.45, 7) is 0. The second-order valence-corrected chi connectivity index (χ2v) is 5.90. The first-order valence-corrected chi connectivity index (χ1v) is 7.78. The van der Waals surface area contributed by atoms with E-state index in [0.717, 1.165) is 7.11 Å². The zero-order valence-corrected chi connectivity index (χ0v) is 14.1. The number of carbonyl (C=O) groups is 3. The van der Waals surface area contributed by atoms with Gasteiger partial charge in [-0.1, -0.05) is 12.1 Å². The number of fused-ring (bicyclic) bond motifs is 1. The minimum absolute atomic E-state index is 0.0887. The van der Waals surface area contributed by atoms with Crippen molar-refractivity contribution in [1.82, 2.24) is 4.90 Å². The SMILES string of the molecule is COC(=O)[C@@H](Cc1ccc(O)cc1)N1C(=O)c2c(F)c(F)c(F)c(F)c2C1=O. The molecular formula is C18H11F4NO5. The van der Waals surface area contributed by atoms with Crippen LogP contribution in [0.15, 0.2) is 24.3 Å². The van der Waals surface area contributed by atoms with Crippen molar-refractivity contribution in [2.45, 2.75) is 12.5 Å². The Bertz CT molecular complexity index is 959. The van der Waals surface area contributed by atoms with Crippen LogP contribution < -0.4 is 0 Å². The van der Waals surface area contributed by atoms with Crippen LogP contribution in [0.2, 0.25) is 0 Å². The quantitative estimate of drug-likeness (QED) is 0.282. The largest absolute Gasteiger partial charge is 0.508 e. The third kappa shape index (κ3) is 2.86. The third-order valence-corrected chi connectivity index (χ3v) is 4.28. The van der Waals surface area contributed by atoms with Crippen LogP contribution >= 0.6 is 0 Å². The van der Waals surface area contributed by atoms with Crippen molar-refractivity contribution >= 4 is 17.8 Å². The Hall–Kier alpha value is -3.43. The van der Waals surface area contributed by atoms with Gasteiger partial charge in [0.25, 0.3) is 11.8 Å². The number of phenols is 1. The summed E-state index contributed by atoms with van der Waals surface area (Å²) in [6, 6.07) is 3.65. The molecule has 2 aromatic carbocycles. The van der Waals surface area contributed by atoms with E-state index in [-0.39, 0.29) is 17.1 Å². The standard InChI is InChI=1S/C18H11F4NO5/c1-28-18(27)9(6-7-2-4-8(24)5-3-7)23-16(25)10-11(17(23)26)13(20)15(22)14(21)12(10)19/h2-5,9,24H,6H2,1H3/t9-/m1/s1. The number of rotatable bonds is 4. The second kappa shape index (κ2) is 6.95. The number of imide groups is 1. The molecule has 0 bridgehead atoms. The third-order valence-electron chi connectivity index (χ3n) is 4.28. The number of ether oxygens (including phenoxy) is 1. The predicted molar refractivity (Wildman–Crippen MR) is 84.4 cm³/mol. The van der Waals surface area contributed by atoms with E-state index in [2.05, 4.69) is 4.74 Å². The molecule has 0 saturated carbocycles.